The first-order valence-electron chi connectivity index (χ1n) is 5.79. The summed E-state index contributed by atoms with van der Waals surface area (Å²) in [5.41, 5.74) is 1.85. The minimum atomic E-state index is 0.646. The molecule has 1 aromatic heterocycles. The third-order valence-corrected chi connectivity index (χ3v) is 4.57. The number of nitrogens with one attached hydrogen (secondary N) is 1. The van der Waals surface area contributed by atoms with Crippen LogP contribution in [0.3, 0.4) is 0 Å². The predicted octanol–water partition coefficient (Wildman–Crippen LogP) is 3.04. The molecule has 1 aliphatic rings. The van der Waals surface area contributed by atoms with Gasteiger partial charge in [0.15, 0.2) is 0 Å². The zero-order chi connectivity index (χ0) is 10.9. The van der Waals surface area contributed by atoms with E-state index in [1.807, 2.05) is 11.3 Å². The summed E-state index contributed by atoms with van der Waals surface area (Å²) in [6.45, 7) is 8.67. The molecule has 1 fully saturated rings. The van der Waals surface area contributed by atoms with Gasteiger partial charge in [-0.15, -0.1) is 11.3 Å². The van der Waals surface area contributed by atoms with Crippen molar-refractivity contribution in [3.63, 3.8) is 0 Å². The van der Waals surface area contributed by atoms with Crippen LogP contribution < -0.4 is 5.32 Å². The van der Waals surface area contributed by atoms with Gasteiger partial charge in [-0.25, -0.2) is 4.98 Å². The number of aryl methyl sites for hydroxylation is 2. The largest absolute Gasteiger partial charge is 0.311 e. The second kappa shape index (κ2) is 4.22. The molecule has 0 amide bonds. The van der Waals surface area contributed by atoms with Crippen LogP contribution in [0.25, 0.3) is 0 Å². The lowest BCUT2D eigenvalue weighted by atomic mass is 10.0. The minimum Gasteiger partial charge on any atom is -0.311 e. The van der Waals surface area contributed by atoms with Crippen molar-refractivity contribution in [3.8, 4) is 0 Å². The molecule has 1 aliphatic carbocycles. The van der Waals surface area contributed by atoms with Gasteiger partial charge in [-0.2, -0.15) is 0 Å². The van der Waals surface area contributed by atoms with Crippen LogP contribution in [-0.2, 0) is 6.54 Å². The maximum atomic E-state index is 4.44. The van der Waals surface area contributed by atoms with Gasteiger partial charge in [-0.1, -0.05) is 6.92 Å². The quantitative estimate of drug-likeness (QED) is 0.831. The van der Waals surface area contributed by atoms with Crippen LogP contribution >= 0.6 is 11.3 Å². The molecule has 0 saturated heterocycles. The van der Waals surface area contributed by atoms with E-state index in [1.165, 1.54) is 41.4 Å². The zero-order valence-corrected chi connectivity index (χ0v) is 10.7. The summed E-state index contributed by atoms with van der Waals surface area (Å²) in [6, 6.07) is 0. The molecule has 0 spiro atoms. The number of aromatic nitrogens is 1. The molecule has 0 bridgehead atoms. The number of hydrogen-bond acceptors (Lipinski definition) is 3. The Morgan fingerprint density at radius 1 is 1.40 bits per heavy atom. The Morgan fingerprint density at radius 2 is 2.13 bits per heavy atom. The van der Waals surface area contributed by atoms with Crippen LogP contribution in [0.2, 0.25) is 0 Å². The molecule has 2 rings (SSSR count). The van der Waals surface area contributed by atoms with E-state index >= 15 is 0 Å². The number of nitrogens with zero attached hydrogens (tertiary/aromatic N) is 1. The van der Waals surface area contributed by atoms with Gasteiger partial charge >= 0.3 is 0 Å². The molecule has 84 valence electrons. The fraction of sp³-hybridized carbons (Fsp3) is 0.750. The van der Waals surface area contributed by atoms with Crippen molar-refractivity contribution >= 4 is 11.3 Å². The molecule has 0 atom stereocenters. The highest BCUT2D eigenvalue weighted by Crippen LogP contribution is 2.47. The van der Waals surface area contributed by atoms with E-state index in [9.17, 15) is 0 Å². The molecule has 0 radical (unpaired) electrons. The van der Waals surface area contributed by atoms with E-state index in [0.717, 1.165) is 6.54 Å². The molecule has 1 aromatic rings. The molecule has 1 heterocycles. The Hall–Kier alpha value is -0.410. The van der Waals surface area contributed by atoms with Crippen molar-refractivity contribution in [1.29, 1.82) is 0 Å². The van der Waals surface area contributed by atoms with Gasteiger partial charge in [0.25, 0.3) is 0 Å². The van der Waals surface area contributed by atoms with E-state index in [2.05, 4.69) is 31.1 Å². The van der Waals surface area contributed by atoms with Crippen molar-refractivity contribution in [2.24, 2.45) is 5.41 Å². The van der Waals surface area contributed by atoms with Crippen LogP contribution in [0.4, 0.5) is 0 Å². The highest BCUT2D eigenvalue weighted by Gasteiger charge is 2.39. The number of hydrogen-bond donors (Lipinski definition) is 1. The number of rotatable bonds is 5. The van der Waals surface area contributed by atoms with Gasteiger partial charge in [0.1, 0.15) is 0 Å². The lowest BCUT2D eigenvalue weighted by Gasteiger charge is -2.12. The van der Waals surface area contributed by atoms with Gasteiger partial charge in [-0.05, 0) is 38.5 Å². The van der Waals surface area contributed by atoms with E-state index in [4.69, 9.17) is 0 Å². The average molecular weight is 224 g/mol. The molecule has 2 nitrogen and oxygen atoms in total. The maximum Gasteiger partial charge on any atom is 0.0900 e. The van der Waals surface area contributed by atoms with Gasteiger partial charge in [0.2, 0.25) is 0 Å². The van der Waals surface area contributed by atoms with E-state index in [1.54, 1.807) is 0 Å². The topological polar surface area (TPSA) is 24.9 Å². The van der Waals surface area contributed by atoms with Gasteiger partial charge in [0, 0.05) is 18.0 Å². The fourth-order valence-electron chi connectivity index (χ4n) is 2.01. The number of thiazole rings is 1. The second-order valence-corrected chi connectivity index (χ2v) is 5.99. The third kappa shape index (κ3) is 2.58. The Kier molecular flexibility index (Phi) is 3.12. The fourth-order valence-corrected chi connectivity index (χ4v) is 2.92. The SMILES string of the molecule is CCC1(CNCc2sc(C)nc2C)CC1. The van der Waals surface area contributed by atoms with Crippen molar-refractivity contribution in [1.82, 2.24) is 10.3 Å². The summed E-state index contributed by atoms with van der Waals surface area (Å²) >= 11 is 1.82. The molecule has 15 heavy (non-hydrogen) atoms. The van der Waals surface area contributed by atoms with Gasteiger partial charge in [-0.3, -0.25) is 0 Å². The molecule has 0 unspecified atom stereocenters. The van der Waals surface area contributed by atoms with Crippen LogP contribution in [-0.4, -0.2) is 11.5 Å². The zero-order valence-electron chi connectivity index (χ0n) is 9.89. The van der Waals surface area contributed by atoms with Crippen molar-refractivity contribution < 1.29 is 0 Å². The van der Waals surface area contributed by atoms with Crippen LogP contribution in [0, 0.1) is 19.3 Å². The van der Waals surface area contributed by atoms with Crippen molar-refractivity contribution in [3.05, 3.63) is 15.6 Å². The van der Waals surface area contributed by atoms with E-state index in [0.29, 0.717) is 5.41 Å². The summed E-state index contributed by atoms with van der Waals surface area (Å²) in [6.07, 6.45) is 4.15. The first-order valence-corrected chi connectivity index (χ1v) is 6.60. The average Bonchev–Trinajstić information content (AvgIpc) is 2.90. The first-order chi connectivity index (χ1) is 7.15. The Morgan fingerprint density at radius 3 is 2.60 bits per heavy atom. The normalized spacial score (nSPS) is 18.1. The summed E-state index contributed by atoms with van der Waals surface area (Å²) in [7, 11) is 0. The summed E-state index contributed by atoms with van der Waals surface area (Å²) in [4.78, 5) is 5.84. The van der Waals surface area contributed by atoms with Crippen LogP contribution in [0.1, 0.15) is 41.8 Å². The Bertz CT molecular complexity index is 339. The highest BCUT2D eigenvalue weighted by molar-refractivity contribution is 7.11. The monoisotopic (exact) mass is 224 g/mol. The van der Waals surface area contributed by atoms with Gasteiger partial charge in [0.05, 0.1) is 10.7 Å². The molecule has 0 aliphatic heterocycles. The van der Waals surface area contributed by atoms with Gasteiger partial charge < -0.3 is 5.32 Å². The molecular weight excluding hydrogens is 204 g/mol. The second-order valence-electron chi connectivity index (χ2n) is 4.70. The first kappa shape index (κ1) is 11.1. The van der Waals surface area contributed by atoms with Crippen LogP contribution in [0.15, 0.2) is 0 Å². The standard InChI is InChI=1S/C12H20N2S/c1-4-12(5-6-12)8-13-7-11-9(2)14-10(3)15-11/h13H,4-8H2,1-3H3. The molecule has 0 aromatic carbocycles. The Balaban J connectivity index is 1.81. The van der Waals surface area contributed by atoms with Crippen molar-refractivity contribution in [2.45, 2.75) is 46.6 Å². The summed E-state index contributed by atoms with van der Waals surface area (Å²) in [5.74, 6) is 0. The Labute approximate surface area is 96.1 Å². The van der Waals surface area contributed by atoms with E-state index in [-0.39, 0.29) is 0 Å². The molecule has 1 N–H and O–H groups in total. The third-order valence-electron chi connectivity index (χ3n) is 3.49. The summed E-state index contributed by atoms with van der Waals surface area (Å²) in [5, 5.41) is 4.76. The molecule has 1 saturated carbocycles. The molecule has 3 heteroatoms. The highest BCUT2D eigenvalue weighted by atomic mass is 32.1. The smallest absolute Gasteiger partial charge is 0.0900 e. The summed E-state index contributed by atoms with van der Waals surface area (Å²) < 4.78 is 0. The minimum absolute atomic E-state index is 0.646. The van der Waals surface area contributed by atoms with Crippen LogP contribution in [0.5, 0.6) is 0 Å². The lowest BCUT2D eigenvalue weighted by Crippen LogP contribution is -2.22. The predicted molar refractivity (Wildman–Crippen MR) is 65.3 cm³/mol. The molecular formula is C12H20N2S. The lowest BCUT2D eigenvalue weighted by molar-refractivity contribution is 0.444. The maximum absolute atomic E-state index is 4.44. The van der Waals surface area contributed by atoms with E-state index < -0.39 is 0 Å². The van der Waals surface area contributed by atoms with Crippen molar-refractivity contribution in [2.75, 3.05) is 6.54 Å².